The zero-order chi connectivity index (χ0) is 23.6. The summed E-state index contributed by atoms with van der Waals surface area (Å²) in [6.45, 7) is 2.07. The smallest absolute Gasteiger partial charge is 0.417 e. The molecule has 0 radical (unpaired) electrons. The summed E-state index contributed by atoms with van der Waals surface area (Å²) in [5, 5.41) is 0. The molecule has 2 fully saturated rings. The van der Waals surface area contributed by atoms with Crippen LogP contribution in [0.5, 0.6) is 0 Å². The van der Waals surface area contributed by atoms with Crippen molar-refractivity contribution >= 4 is 23.5 Å². The van der Waals surface area contributed by atoms with Gasteiger partial charge < -0.3 is 19.3 Å². The molecule has 2 amide bonds. The third kappa shape index (κ3) is 4.87. The molecule has 2 aliphatic heterocycles. The highest BCUT2D eigenvalue weighted by molar-refractivity contribution is 5.96. The molecule has 4 rings (SSSR count). The quantitative estimate of drug-likeness (QED) is 0.677. The summed E-state index contributed by atoms with van der Waals surface area (Å²) in [4.78, 5) is 34.1. The highest BCUT2D eigenvalue weighted by Gasteiger charge is 2.36. The molecule has 0 aliphatic carbocycles. The van der Waals surface area contributed by atoms with Gasteiger partial charge in [0.15, 0.2) is 0 Å². The first-order valence-corrected chi connectivity index (χ1v) is 10.4. The first-order chi connectivity index (χ1) is 15.8. The number of alkyl halides is 3. The largest absolute Gasteiger partial charge is 0.441 e. The van der Waals surface area contributed by atoms with Gasteiger partial charge in [0.1, 0.15) is 11.9 Å². The van der Waals surface area contributed by atoms with E-state index in [0.29, 0.717) is 37.7 Å². The Hall–Kier alpha value is -3.34. The number of ether oxygens (including phenoxy) is 2. The fourth-order valence-corrected chi connectivity index (χ4v) is 3.96. The molecule has 1 aromatic carbocycles. The number of anilines is 2. The van der Waals surface area contributed by atoms with Crippen molar-refractivity contribution in [3.05, 3.63) is 53.7 Å². The van der Waals surface area contributed by atoms with Gasteiger partial charge in [-0.05, 0) is 24.3 Å². The van der Waals surface area contributed by atoms with Crippen LogP contribution in [-0.2, 0) is 15.7 Å². The molecule has 2 aromatic rings. The Morgan fingerprint density at radius 1 is 1.15 bits per heavy atom. The predicted octanol–water partition coefficient (Wildman–Crippen LogP) is 3.03. The second kappa shape index (κ2) is 9.26. The molecule has 11 heteroatoms. The standard InChI is InChI=1S/C22H23F3N4O4/c1-32-14-16-13-29(21(31)33-16)15-6-7-19(26-12-15)27-8-10-28(11-9-27)20(30)17-4-2-3-5-18(17)22(23,24)25/h2-7,12,16H,8-11,13-14H2,1H3/t16-/m0/s1. The number of pyridine rings is 1. The second-order valence-corrected chi connectivity index (χ2v) is 7.77. The molecule has 33 heavy (non-hydrogen) atoms. The Balaban J connectivity index is 1.38. The average Bonchev–Trinajstić information content (AvgIpc) is 3.18. The van der Waals surface area contributed by atoms with Gasteiger partial charge in [0, 0.05) is 33.3 Å². The number of rotatable bonds is 5. The average molecular weight is 464 g/mol. The summed E-state index contributed by atoms with van der Waals surface area (Å²) < 4.78 is 50.0. The van der Waals surface area contributed by atoms with Gasteiger partial charge >= 0.3 is 12.3 Å². The number of nitrogens with zero attached hydrogens (tertiary/aromatic N) is 4. The Bertz CT molecular complexity index is 1010. The second-order valence-electron chi connectivity index (χ2n) is 7.77. The van der Waals surface area contributed by atoms with Crippen molar-refractivity contribution in [1.29, 1.82) is 0 Å². The lowest BCUT2D eigenvalue weighted by molar-refractivity contribution is -0.138. The Morgan fingerprint density at radius 3 is 2.52 bits per heavy atom. The number of benzene rings is 1. The monoisotopic (exact) mass is 464 g/mol. The van der Waals surface area contributed by atoms with E-state index in [2.05, 4.69) is 4.98 Å². The van der Waals surface area contributed by atoms with Crippen LogP contribution in [0.25, 0.3) is 0 Å². The molecular formula is C22H23F3N4O4. The van der Waals surface area contributed by atoms with Crippen LogP contribution in [0.3, 0.4) is 0 Å². The van der Waals surface area contributed by atoms with Crippen LogP contribution in [0.2, 0.25) is 0 Å². The molecule has 0 N–H and O–H groups in total. The molecule has 3 heterocycles. The number of carbonyl (C=O) groups excluding carboxylic acids is 2. The van der Waals surface area contributed by atoms with Crippen LogP contribution >= 0.6 is 0 Å². The number of cyclic esters (lactones) is 1. The van der Waals surface area contributed by atoms with Crippen LogP contribution in [0, 0.1) is 0 Å². The van der Waals surface area contributed by atoms with Gasteiger partial charge in [-0.25, -0.2) is 9.78 Å². The number of hydrogen-bond acceptors (Lipinski definition) is 6. The number of methoxy groups -OCH3 is 1. The fourth-order valence-electron chi connectivity index (χ4n) is 3.96. The molecule has 0 spiro atoms. The van der Waals surface area contributed by atoms with Crippen molar-refractivity contribution < 1.29 is 32.2 Å². The zero-order valence-corrected chi connectivity index (χ0v) is 17.9. The summed E-state index contributed by atoms with van der Waals surface area (Å²) >= 11 is 0. The van der Waals surface area contributed by atoms with E-state index in [-0.39, 0.29) is 24.8 Å². The van der Waals surface area contributed by atoms with E-state index in [1.54, 1.807) is 18.3 Å². The van der Waals surface area contributed by atoms with Gasteiger partial charge in [-0.3, -0.25) is 9.69 Å². The van der Waals surface area contributed by atoms with Crippen LogP contribution < -0.4 is 9.80 Å². The molecule has 0 bridgehead atoms. The number of aromatic nitrogens is 1. The SMILES string of the molecule is COC[C@@H]1CN(c2ccc(N3CCN(C(=O)c4ccccc4C(F)(F)F)CC3)nc2)C(=O)O1. The molecule has 8 nitrogen and oxygen atoms in total. The Labute approximate surface area is 188 Å². The highest BCUT2D eigenvalue weighted by Crippen LogP contribution is 2.32. The van der Waals surface area contributed by atoms with Gasteiger partial charge in [0.05, 0.1) is 36.2 Å². The zero-order valence-electron chi connectivity index (χ0n) is 17.9. The van der Waals surface area contributed by atoms with Crippen molar-refractivity contribution in [1.82, 2.24) is 9.88 Å². The Morgan fingerprint density at radius 2 is 1.88 bits per heavy atom. The minimum absolute atomic E-state index is 0.269. The molecular weight excluding hydrogens is 441 g/mol. The van der Waals surface area contributed by atoms with Gasteiger partial charge in [-0.1, -0.05) is 12.1 Å². The molecule has 0 unspecified atom stereocenters. The van der Waals surface area contributed by atoms with E-state index in [0.717, 1.165) is 6.07 Å². The van der Waals surface area contributed by atoms with Crippen LogP contribution in [0.1, 0.15) is 15.9 Å². The lowest BCUT2D eigenvalue weighted by atomic mass is 10.1. The minimum atomic E-state index is -4.59. The minimum Gasteiger partial charge on any atom is -0.441 e. The molecule has 0 saturated carbocycles. The maximum atomic E-state index is 13.3. The fraction of sp³-hybridized carbons (Fsp3) is 0.409. The molecule has 1 atom stereocenters. The lowest BCUT2D eigenvalue weighted by Crippen LogP contribution is -2.49. The van der Waals surface area contributed by atoms with Crippen molar-refractivity contribution in [3.63, 3.8) is 0 Å². The van der Waals surface area contributed by atoms with Crippen LogP contribution in [-0.4, -0.2) is 74.4 Å². The summed E-state index contributed by atoms with van der Waals surface area (Å²) in [6.07, 6.45) is -3.82. The predicted molar refractivity (Wildman–Crippen MR) is 113 cm³/mol. The summed E-state index contributed by atoms with van der Waals surface area (Å²) in [6, 6.07) is 8.35. The molecule has 176 valence electrons. The topological polar surface area (TPSA) is 75.2 Å². The first-order valence-electron chi connectivity index (χ1n) is 10.4. The third-order valence-corrected chi connectivity index (χ3v) is 5.62. The Kier molecular flexibility index (Phi) is 6.41. The molecule has 2 saturated heterocycles. The first kappa shape index (κ1) is 22.8. The number of piperazine rings is 1. The van der Waals surface area contributed by atoms with Gasteiger partial charge in [0.2, 0.25) is 0 Å². The molecule has 2 aliphatic rings. The third-order valence-electron chi connectivity index (χ3n) is 5.62. The van der Waals surface area contributed by atoms with E-state index in [9.17, 15) is 22.8 Å². The summed E-state index contributed by atoms with van der Waals surface area (Å²) in [7, 11) is 1.54. The van der Waals surface area contributed by atoms with Crippen molar-refractivity contribution in [2.45, 2.75) is 12.3 Å². The number of carbonyl (C=O) groups is 2. The molecule has 1 aromatic heterocycles. The lowest BCUT2D eigenvalue weighted by Gasteiger charge is -2.35. The number of halogens is 3. The van der Waals surface area contributed by atoms with E-state index >= 15 is 0 Å². The van der Waals surface area contributed by atoms with Crippen LogP contribution in [0.4, 0.5) is 29.5 Å². The summed E-state index contributed by atoms with van der Waals surface area (Å²) in [5.41, 5.74) is -0.673. The maximum Gasteiger partial charge on any atom is 0.417 e. The van der Waals surface area contributed by atoms with Crippen molar-refractivity contribution in [3.8, 4) is 0 Å². The number of amides is 2. The highest BCUT2D eigenvalue weighted by atomic mass is 19.4. The number of hydrogen-bond donors (Lipinski definition) is 0. The van der Waals surface area contributed by atoms with Crippen molar-refractivity contribution in [2.75, 3.05) is 56.2 Å². The van der Waals surface area contributed by atoms with Crippen molar-refractivity contribution in [2.24, 2.45) is 0 Å². The maximum absolute atomic E-state index is 13.3. The summed E-state index contributed by atoms with van der Waals surface area (Å²) in [5.74, 6) is 0.0200. The van der Waals surface area contributed by atoms with E-state index in [4.69, 9.17) is 9.47 Å². The van der Waals surface area contributed by atoms with Gasteiger partial charge in [-0.15, -0.1) is 0 Å². The van der Waals surface area contributed by atoms with E-state index < -0.39 is 23.7 Å². The van der Waals surface area contributed by atoms with Gasteiger partial charge in [-0.2, -0.15) is 13.2 Å². The normalized spacial score (nSPS) is 19.1. The van der Waals surface area contributed by atoms with Crippen LogP contribution in [0.15, 0.2) is 42.6 Å². The van der Waals surface area contributed by atoms with Gasteiger partial charge in [0.25, 0.3) is 5.91 Å². The van der Waals surface area contributed by atoms with E-state index in [1.165, 1.54) is 35.1 Å². The van der Waals surface area contributed by atoms with E-state index in [1.807, 2.05) is 4.90 Å².